The summed E-state index contributed by atoms with van der Waals surface area (Å²) in [7, 11) is -8.17. The third kappa shape index (κ3) is 11.8. The largest absolute Gasteiger partial charge is 0.399 e. The Bertz CT molecular complexity index is 2090. The van der Waals surface area contributed by atoms with E-state index in [1.54, 1.807) is 18.2 Å². The van der Waals surface area contributed by atoms with Crippen molar-refractivity contribution in [3.63, 3.8) is 0 Å². The highest BCUT2D eigenvalue weighted by Gasteiger charge is 2.24. The van der Waals surface area contributed by atoms with E-state index < -0.39 is 32.1 Å². The van der Waals surface area contributed by atoms with Gasteiger partial charge < -0.3 is 21.3 Å². The number of nitrogens with one attached hydrogen (secondary N) is 4. The van der Waals surface area contributed by atoms with Crippen LogP contribution in [0.2, 0.25) is 10.0 Å². The zero-order valence-electron chi connectivity index (χ0n) is 27.6. The molecule has 0 aliphatic carbocycles. The van der Waals surface area contributed by atoms with Gasteiger partial charge in [-0.1, -0.05) is 35.3 Å². The van der Waals surface area contributed by atoms with Crippen LogP contribution in [0, 0.1) is 0 Å². The highest BCUT2D eigenvalue weighted by Crippen LogP contribution is 2.22. The van der Waals surface area contributed by atoms with Gasteiger partial charge in [0.1, 0.15) is 0 Å². The van der Waals surface area contributed by atoms with Gasteiger partial charge in [-0.2, -0.15) is 0 Å². The molecule has 2 aliphatic heterocycles. The molecule has 6 rings (SSSR count). The molecule has 0 unspecified atom stereocenters. The molecule has 4 amide bonds. The standard InChI is InChI=1S/C24H22Cl2N4O6S2.C10H14N2.2BrH/c25-18-2-7-21(8-3-18)37(33,34)28-23(31)27-20-6-1-16-11-13-30(14-12-17(16)15-20)24(32)29-38(35,36)22-9-4-19(26)5-10-22;11-10-2-1-8-3-5-12-6-4-9(8)7-10;;/h1-10,15H,11-14H2,(H,29,32)(H2,27,28,31);1-2,7,12H,3-6,11H2;2*1H. The Hall–Kier alpha value is -3.38. The van der Waals surface area contributed by atoms with Gasteiger partial charge in [0.15, 0.2) is 0 Å². The molecule has 0 atom stereocenters. The monoisotopic (exact) mass is 918 g/mol. The summed E-state index contributed by atoms with van der Waals surface area (Å²) in [5.74, 6) is 0. The average molecular weight is 922 g/mol. The fraction of sp³-hybridized carbons (Fsp3) is 0.235. The van der Waals surface area contributed by atoms with Gasteiger partial charge >= 0.3 is 12.1 Å². The Kier molecular flexibility index (Phi) is 15.8. The fourth-order valence-corrected chi connectivity index (χ4v) is 7.63. The highest BCUT2D eigenvalue weighted by atomic mass is 79.9. The minimum absolute atomic E-state index is 0. The third-order valence-electron chi connectivity index (χ3n) is 8.12. The van der Waals surface area contributed by atoms with Gasteiger partial charge in [-0.15, -0.1) is 34.0 Å². The highest BCUT2D eigenvalue weighted by molar-refractivity contribution is 8.93. The second kappa shape index (κ2) is 19.1. The zero-order chi connectivity index (χ0) is 35.9. The van der Waals surface area contributed by atoms with E-state index in [1.807, 2.05) is 10.8 Å². The molecule has 2 heterocycles. The van der Waals surface area contributed by atoms with E-state index in [9.17, 15) is 26.4 Å². The van der Waals surface area contributed by atoms with Crippen molar-refractivity contribution in [3.8, 4) is 0 Å². The minimum atomic E-state index is -4.10. The van der Waals surface area contributed by atoms with Crippen LogP contribution >= 0.6 is 57.2 Å². The van der Waals surface area contributed by atoms with Crippen LogP contribution < -0.4 is 25.8 Å². The molecule has 0 spiro atoms. The van der Waals surface area contributed by atoms with E-state index in [4.69, 9.17) is 28.9 Å². The normalized spacial score (nSPS) is 13.8. The number of halogens is 4. The first-order chi connectivity index (χ1) is 23.8. The lowest BCUT2D eigenvalue weighted by atomic mass is 10.0. The second-order valence-corrected chi connectivity index (χ2v) is 15.9. The molecule has 0 fully saturated rings. The Morgan fingerprint density at radius 3 is 1.71 bits per heavy atom. The fourth-order valence-electron chi connectivity index (χ4n) is 5.50. The summed E-state index contributed by atoms with van der Waals surface area (Å²) in [5.41, 5.74) is 11.6. The molecule has 4 aromatic rings. The number of urea groups is 2. The van der Waals surface area contributed by atoms with E-state index in [1.165, 1.54) is 64.6 Å². The van der Waals surface area contributed by atoms with Crippen LogP contribution in [-0.4, -0.2) is 60.0 Å². The maximum absolute atomic E-state index is 12.7. The molecular weight excluding hydrogens is 883 g/mol. The number of nitrogens with zero attached hydrogens (tertiary/aromatic N) is 1. The first kappa shape index (κ1) is 43.0. The van der Waals surface area contributed by atoms with E-state index >= 15 is 0 Å². The zero-order valence-corrected chi connectivity index (χ0v) is 34.2. The summed E-state index contributed by atoms with van der Waals surface area (Å²) in [5, 5.41) is 6.60. The van der Waals surface area contributed by atoms with Crippen LogP contribution in [-0.2, 0) is 45.7 Å². The summed E-state index contributed by atoms with van der Waals surface area (Å²) in [6.45, 7) is 2.69. The summed E-state index contributed by atoms with van der Waals surface area (Å²) < 4.78 is 54.0. The molecule has 52 heavy (non-hydrogen) atoms. The van der Waals surface area contributed by atoms with Gasteiger partial charge in [-0.05, 0) is 134 Å². The number of nitrogens with two attached hydrogens (primary N) is 1. The molecular formula is C34H38Br2Cl2N6O6S2. The number of hydrogen-bond acceptors (Lipinski definition) is 8. The van der Waals surface area contributed by atoms with E-state index in [2.05, 4.69) is 27.5 Å². The number of carbonyl (C=O) groups is 2. The predicted octanol–water partition coefficient (Wildman–Crippen LogP) is 6.12. The molecule has 6 N–H and O–H groups in total. The van der Waals surface area contributed by atoms with E-state index in [0.717, 1.165) is 42.7 Å². The van der Waals surface area contributed by atoms with Crippen molar-refractivity contribution in [1.82, 2.24) is 19.7 Å². The van der Waals surface area contributed by atoms with Crippen LogP contribution in [0.15, 0.2) is 94.7 Å². The number of nitrogen functional groups attached to an aromatic ring is 1. The number of sulfonamides is 2. The molecule has 18 heteroatoms. The summed E-state index contributed by atoms with van der Waals surface area (Å²) in [6.07, 6.45) is 3.10. The minimum Gasteiger partial charge on any atom is -0.399 e. The summed E-state index contributed by atoms with van der Waals surface area (Å²) in [4.78, 5) is 26.3. The van der Waals surface area contributed by atoms with Gasteiger partial charge in [0.25, 0.3) is 20.0 Å². The number of anilines is 2. The molecule has 0 saturated carbocycles. The van der Waals surface area contributed by atoms with Crippen LogP contribution in [0.1, 0.15) is 22.3 Å². The van der Waals surface area contributed by atoms with E-state index in [0.29, 0.717) is 28.6 Å². The van der Waals surface area contributed by atoms with Crippen LogP contribution in [0.5, 0.6) is 0 Å². The molecule has 280 valence electrons. The quantitative estimate of drug-likeness (QED) is 0.149. The van der Waals surface area contributed by atoms with Crippen molar-refractivity contribution in [2.75, 3.05) is 37.2 Å². The van der Waals surface area contributed by atoms with E-state index in [-0.39, 0.29) is 56.8 Å². The van der Waals surface area contributed by atoms with Crippen molar-refractivity contribution in [2.24, 2.45) is 0 Å². The Balaban J connectivity index is 0.000000439. The first-order valence-corrected chi connectivity index (χ1v) is 19.4. The Morgan fingerprint density at radius 2 is 1.12 bits per heavy atom. The van der Waals surface area contributed by atoms with Crippen LogP contribution in [0.25, 0.3) is 0 Å². The lowest BCUT2D eigenvalue weighted by Crippen LogP contribution is -2.43. The van der Waals surface area contributed by atoms with Crippen LogP contribution in [0.3, 0.4) is 0 Å². The van der Waals surface area contributed by atoms with Crippen molar-refractivity contribution < 1.29 is 26.4 Å². The van der Waals surface area contributed by atoms with Gasteiger partial charge in [0, 0.05) is 34.5 Å². The van der Waals surface area contributed by atoms with Crippen molar-refractivity contribution in [2.45, 2.75) is 35.5 Å². The van der Waals surface area contributed by atoms with Crippen molar-refractivity contribution in [3.05, 3.63) is 117 Å². The maximum Gasteiger partial charge on any atom is 0.333 e. The molecule has 0 aromatic heterocycles. The second-order valence-electron chi connectivity index (χ2n) is 11.6. The van der Waals surface area contributed by atoms with Crippen molar-refractivity contribution >= 4 is 101 Å². The van der Waals surface area contributed by atoms with Gasteiger partial charge in [-0.25, -0.2) is 35.9 Å². The number of amides is 4. The average Bonchev–Trinajstić information content (AvgIpc) is 3.43. The third-order valence-corrected chi connectivity index (χ3v) is 11.3. The number of hydrogen-bond donors (Lipinski definition) is 5. The molecule has 0 bridgehead atoms. The number of fused-ring (bicyclic) bond motifs is 2. The molecule has 12 nitrogen and oxygen atoms in total. The topological polar surface area (TPSA) is 180 Å². The Morgan fingerprint density at radius 1 is 0.635 bits per heavy atom. The van der Waals surface area contributed by atoms with Gasteiger partial charge in [-0.3, -0.25) is 0 Å². The number of benzene rings is 4. The lowest BCUT2D eigenvalue weighted by molar-refractivity contribution is 0.206. The smallest absolute Gasteiger partial charge is 0.333 e. The maximum atomic E-state index is 12.7. The predicted molar refractivity (Wildman–Crippen MR) is 215 cm³/mol. The van der Waals surface area contributed by atoms with Gasteiger partial charge in [0.05, 0.1) is 9.79 Å². The number of carbonyl (C=O) groups excluding carboxylic acids is 2. The van der Waals surface area contributed by atoms with Crippen LogP contribution in [0.4, 0.5) is 21.0 Å². The SMILES string of the molecule is Br.Br.Nc1ccc2c(c1)CCNCC2.O=C(Nc1ccc2c(c1)CCN(C(=O)NS(=O)(=O)c1ccc(Cl)cc1)CC2)NS(=O)(=O)c1ccc(Cl)cc1. The first-order valence-electron chi connectivity index (χ1n) is 15.7. The molecule has 4 aromatic carbocycles. The Labute approximate surface area is 334 Å². The number of rotatable bonds is 5. The lowest BCUT2D eigenvalue weighted by Gasteiger charge is -2.20. The summed E-state index contributed by atoms with van der Waals surface area (Å²) in [6, 6.07) is 20.4. The molecule has 2 aliphatic rings. The van der Waals surface area contributed by atoms with Crippen molar-refractivity contribution in [1.29, 1.82) is 0 Å². The molecule has 0 radical (unpaired) electrons. The van der Waals surface area contributed by atoms with Gasteiger partial charge in [0.2, 0.25) is 0 Å². The summed E-state index contributed by atoms with van der Waals surface area (Å²) >= 11 is 11.6. The molecule has 0 saturated heterocycles.